The molecule has 53 heavy (non-hydrogen) atoms. The van der Waals surface area contributed by atoms with Gasteiger partial charge in [0.1, 0.15) is 12.0 Å². The van der Waals surface area contributed by atoms with Crippen molar-refractivity contribution in [2.24, 2.45) is 5.92 Å². The van der Waals surface area contributed by atoms with Crippen LogP contribution in [0.4, 0.5) is 11.4 Å². The molecule has 12 nitrogen and oxygen atoms in total. The van der Waals surface area contributed by atoms with E-state index in [1.54, 1.807) is 12.1 Å². The number of likely N-dealkylation sites (tertiary alicyclic amines) is 1. The number of nitro benzene ring substituents is 1. The van der Waals surface area contributed by atoms with Crippen molar-refractivity contribution in [2.45, 2.75) is 168 Å². The summed E-state index contributed by atoms with van der Waals surface area (Å²) in [4.78, 5) is 14.0. The number of nitrogens with one attached hydrogen (secondary N) is 1. The molecule has 2 aromatic rings. The fraction of sp³-hybridized carbons (Fsp3) is 0.816. The number of hydrogen-bond acceptors (Lipinski definition) is 10. The highest BCUT2D eigenvalue weighted by atomic mass is 28.4. The summed E-state index contributed by atoms with van der Waals surface area (Å²) in [6, 6.07) is 4.96. The van der Waals surface area contributed by atoms with Crippen molar-refractivity contribution in [2.75, 3.05) is 31.6 Å². The fourth-order valence-electron chi connectivity index (χ4n) is 5.95. The van der Waals surface area contributed by atoms with Gasteiger partial charge < -0.3 is 18.6 Å². The van der Waals surface area contributed by atoms with Crippen LogP contribution in [-0.2, 0) is 13.3 Å². The number of tetrazole rings is 1. The van der Waals surface area contributed by atoms with Crippen LogP contribution < -0.4 is 5.32 Å². The standard InChI is InChI=1S/C38H73N7O5Si3/c1-29-26-43(24-20-18-17-19-23-39-31-25-30(44-28-40-41-42-44)21-22-32(31)45(46)47)33(27-48-51(11,12)36(2,3)4)35(50-53(15,16)38(8,9)10)34(29)49-52(13,14)37(5,6)7/h21-22,25,28-29,33-35,39H,17-20,23-24,26-27H2,1-16H3/t29-,33+,34+,35+/m0/s1. The molecule has 3 rings (SSSR count). The minimum absolute atomic E-state index is 0.00346. The second kappa shape index (κ2) is 17.4. The lowest BCUT2D eigenvalue weighted by molar-refractivity contribution is -0.384. The zero-order chi connectivity index (χ0) is 40.2. The topological polar surface area (TPSA) is 130 Å². The summed E-state index contributed by atoms with van der Waals surface area (Å²) >= 11 is 0. The number of piperidine rings is 1. The third-order valence-corrected chi connectivity index (χ3v) is 26.1. The molecular formula is C38H73N7O5Si3. The van der Waals surface area contributed by atoms with Gasteiger partial charge in [0.05, 0.1) is 35.5 Å². The number of nitro groups is 1. The first-order chi connectivity index (χ1) is 24.2. The van der Waals surface area contributed by atoms with Crippen LogP contribution >= 0.6 is 0 Å². The molecule has 0 spiro atoms. The first-order valence-electron chi connectivity index (χ1n) is 19.7. The van der Waals surface area contributed by atoms with E-state index in [4.69, 9.17) is 13.3 Å². The molecule has 1 aliphatic rings. The normalized spacial score (nSPS) is 21.2. The van der Waals surface area contributed by atoms with Crippen molar-refractivity contribution in [1.29, 1.82) is 0 Å². The Balaban J connectivity index is 1.78. The molecule has 15 heteroatoms. The van der Waals surface area contributed by atoms with E-state index in [1.807, 2.05) is 0 Å². The van der Waals surface area contributed by atoms with Crippen LogP contribution in [0.2, 0.25) is 54.4 Å². The zero-order valence-electron chi connectivity index (χ0n) is 36.0. The largest absolute Gasteiger partial charge is 0.415 e. The molecule has 4 atom stereocenters. The molecule has 2 heterocycles. The van der Waals surface area contributed by atoms with E-state index in [0.29, 0.717) is 30.4 Å². The molecule has 0 saturated carbocycles. The average molecular weight is 792 g/mol. The Morgan fingerprint density at radius 1 is 0.849 bits per heavy atom. The maximum Gasteiger partial charge on any atom is 0.292 e. The summed E-state index contributed by atoms with van der Waals surface area (Å²) in [5.41, 5.74) is 1.17. The Labute approximate surface area is 324 Å². The quantitative estimate of drug-likeness (QED) is 0.0716. The summed E-state index contributed by atoms with van der Waals surface area (Å²) < 4.78 is 23.4. The third kappa shape index (κ3) is 11.7. The van der Waals surface area contributed by atoms with Gasteiger partial charge >= 0.3 is 0 Å². The minimum Gasteiger partial charge on any atom is -0.415 e. The van der Waals surface area contributed by atoms with Crippen LogP contribution in [0.3, 0.4) is 0 Å². The van der Waals surface area contributed by atoms with Crippen LogP contribution in [0.25, 0.3) is 5.69 Å². The number of unbranched alkanes of at least 4 members (excludes halogenated alkanes) is 3. The number of nitrogens with zero attached hydrogens (tertiary/aromatic N) is 6. The van der Waals surface area contributed by atoms with Gasteiger partial charge in [-0.2, -0.15) is 0 Å². The Bertz CT molecular complexity index is 1470. The van der Waals surface area contributed by atoms with Gasteiger partial charge in [-0.3, -0.25) is 15.0 Å². The third-order valence-electron chi connectivity index (χ3n) is 12.6. The van der Waals surface area contributed by atoms with Crippen LogP contribution in [0, 0.1) is 16.0 Å². The fourth-order valence-corrected chi connectivity index (χ4v) is 9.70. The molecule has 0 unspecified atom stereocenters. The maximum atomic E-state index is 11.7. The summed E-state index contributed by atoms with van der Waals surface area (Å²) in [5, 5.41) is 26.5. The Kier molecular flexibility index (Phi) is 14.9. The average Bonchev–Trinajstić information content (AvgIpc) is 3.55. The molecule has 1 N–H and O–H groups in total. The van der Waals surface area contributed by atoms with E-state index in [2.05, 4.69) is 134 Å². The molecule has 1 aromatic carbocycles. The van der Waals surface area contributed by atoms with Gasteiger partial charge in [0, 0.05) is 19.2 Å². The molecule has 0 bridgehead atoms. The van der Waals surface area contributed by atoms with Gasteiger partial charge in [0.15, 0.2) is 25.0 Å². The van der Waals surface area contributed by atoms with Crippen LogP contribution in [0.1, 0.15) is 94.9 Å². The predicted molar refractivity (Wildman–Crippen MR) is 225 cm³/mol. The predicted octanol–water partition coefficient (Wildman–Crippen LogP) is 9.67. The molecule has 1 saturated heterocycles. The molecule has 1 aliphatic heterocycles. The molecule has 0 radical (unpaired) electrons. The maximum absolute atomic E-state index is 11.7. The van der Waals surface area contributed by atoms with E-state index in [-0.39, 0.29) is 44.0 Å². The number of aromatic nitrogens is 4. The lowest BCUT2D eigenvalue weighted by Crippen LogP contribution is -2.66. The molecule has 302 valence electrons. The molecule has 1 aromatic heterocycles. The number of anilines is 1. The van der Waals surface area contributed by atoms with Crippen LogP contribution in [0.5, 0.6) is 0 Å². The minimum atomic E-state index is -2.18. The van der Waals surface area contributed by atoms with E-state index in [0.717, 1.165) is 38.8 Å². The molecular weight excluding hydrogens is 719 g/mol. The molecule has 1 fully saturated rings. The summed E-state index contributed by atoms with van der Waals surface area (Å²) in [6.07, 6.45) is 5.43. The highest BCUT2D eigenvalue weighted by molar-refractivity contribution is 6.75. The molecule has 0 amide bonds. The number of benzene rings is 1. The van der Waals surface area contributed by atoms with E-state index < -0.39 is 25.0 Å². The Hall–Kier alpha value is -2.02. The van der Waals surface area contributed by atoms with Crippen LogP contribution in [0.15, 0.2) is 24.5 Å². The van der Waals surface area contributed by atoms with Gasteiger partial charge in [-0.1, -0.05) is 82.1 Å². The van der Waals surface area contributed by atoms with Gasteiger partial charge in [-0.15, -0.1) is 5.10 Å². The van der Waals surface area contributed by atoms with Gasteiger partial charge in [-0.05, 0) is 102 Å². The van der Waals surface area contributed by atoms with Crippen molar-refractivity contribution in [3.05, 3.63) is 34.6 Å². The first-order valence-corrected chi connectivity index (χ1v) is 28.4. The van der Waals surface area contributed by atoms with E-state index >= 15 is 0 Å². The van der Waals surface area contributed by atoms with Gasteiger partial charge in [0.2, 0.25) is 0 Å². The van der Waals surface area contributed by atoms with Crippen molar-refractivity contribution in [3.8, 4) is 5.69 Å². The van der Waals surface area contributed by atoms with Crippen molar-refractivity contribution in [3.63, 3.8) is 0 Å². The van der Waals surface area contributed by atoms with E-state index in [9.17, 15) is 10.1 Å². The second-order valence-corrected chi connectivity index (χ2v) is 34.2. The van der Waals surface area contributed by atoms with Crippen molar-refractivity contribution in [1.82, 2.24) is 25.1 Å². The highest BCUT2D eigenvalue weighted by Crippen LogP contribution is 2.44. The summed E-state index contributed by atoms with van der Waals surface area (Å²) in [7, 11) is -6.31. The zero-order valence-corrected chi connectivity index (χ0v) is 39.0. The van der Waals surface area contributed by atoms with Gasteiger partial charge in [0.25, 0.3) is 5.69 Å². The van der Waals surface area contributed by atoms with Gasteiger partial charge in [-0.25, -0.2) is 4.68 Å². The SMILES string of the molecule is C[C@H]1CN(CCCCCCNc2cc(-n3cnnn3)ccc2[N+](=O)[O-])[C@H](CO[Si](C)(C)C(C)(C)C)[C@@H](O[Si](C)(C)C(C)(C)C)[C@@H]1O[Si](C)(C)C(C)(C)C. The second-order valence-electron chi connectivity index (χ2n) is 19.9. The molecule has 0 aliphatic carbocycles. The first kappa shape index (κ1) is 45.4. The van der Waals surface area contributed by atoms with Crippen molar-refractivity contribution >= 4 is 36.3 Å². The number of rotatable bonds is 17. The number of hydrogen-bond donors (Lipinski definition) is 1. The van der Waals surface area contributed by atoms with Crippen LogP contribution in [-0.4, -0.2) is 99.5 Å². The van der Waals surface area contributed by atoms with Crippen molar-refractivity contribution < 1.29 is 18.2 Å². The monoisotopic (exact) mass is 791 g/mol. The van der Waals surface area contributed by atoms with E-state index in [1.165, 1.54) is 17.1 Å². The lowest BCUT2D eigenvalue weighted by Gasteiger charge is -2.54. The summed E-state index contributed by atoms with van der Waals surface area (Å²) in [5.74, 6) is 0.312. The highest BCUT2D eigenvalue weighted by Gasteiger charge is 2.52. The smallest absolute Gasteiger partial charge is 0.292 e. The Morgan fingerprint density at radius 2 is 1.42 bits per heavy atom. The summed E-state index contributed by atoms with van der Waals surface area (Å²) in [6.45, 7) is 40.6. The lowest BCUT2D eigenvalue weighted by atomic mass is 9.88. The Morgan fingerprint density at radius 3 is 1.94 bits per heavy atom.